The molecule has 3 aromatic heterocycles. The lowest BCUT2D eigenvalue weighted by molar-refractivity contribution is 0.926. The smallest absolute Gasteiger partial charge is 0.195 e. The van der Waals surface area contributed by atoms with Crippen molar-refractivity contribution in [1.29, 1.82) is 0 Å². The SMILES string of the molecule is CCCc1csc2c(N=NCc3cccnc3)ncnc12. The van der Waals surface area contributed by atoms with E-state index in [4.69, 9.17) is 0 Å². The number of pyridine rings is 1. The molecule has 3 rings (SSSR count). The zero-order valence-corrected chi connectivity index (χ0v) is 12.5. The average molecular weight is 297 g/mol. The lowest BCUT2D eigenvalue weighted by Crippen LogP contribution is -1.85. The molecule has 0 N–H and O–H groups in total. The third-order valence-corrected chi connectivity index (χ3v) is 4.08. The number of nitrogens with zero attached hydrogens (tertiary/aromatic N) is 5. The van der Waals surface area contributed by atoms with Crippen molar-refractivity contribution in [3.05, 3.63) is 47.4 Å². The van der Waals surface area contributed by atoms with Crippen LogP contribution >= 0.6 is 11.3 Å². The molecule has 0 bridgehead atoms. The summed E-state index contributed by atoms with van der Waals surface area (Å²) in [6.45, 7) is 2.67. The van der Waals surface area contributed by atoms with Crippen LogP contribution in [0.4, 0.5) is 5.82 Å². The largest absolute Gasteiger partial charge is 0.264 e. The Morgan fingerprint density at radius 1 is 1.29 bits per heavy atom. The maximum absolute atomic E-state index is 4.37. The average Bonchev–Trinajstić information content (AvgIpc) is 2.93. The van der Waals surface area contributed by atoms with Crippen molar-refractivity contribution >= 4 is 27.4 Å². The number of hydrogen-bond acceptors (Lipinski definition) is 6. The van der Waals surface area contributed by atoms with Gasteiger partial charge in [0.2, 0.25) is 0 Å². The molecule has 3 heterocycles. The lowest BCUT2D eigenvalue weighted by Gasteiger charge is -1.97. The first-order chi connectivity index (χ1) is 10.4. The fraction of sp³-hybridized carbons (Fsp3) is 0.267. The van der Waals surface area contributed by atoms with Gasteiger partial charge in [-0.2, -0.15) is 5.11 Å². The Hall–Kier alpha value is -2.21. The van der Waals surface area contributed by atoms with Gasteiger partial charge < -0.3 is 0 Å². The highest BCUT2D eigenvalue weighted by Gasteiger charge is 2.09. The minimum absolute atomic E-state index is 0.506. The van der Waals surface area contributed by atoms with Gasteiger partial charge >= 0.3 is 0 Å². The summed E-state index contributed by atoms with van der Waals surface area (Å²) in [6, 6.07) is 3.87. The van der Waals surface area contributed by atoms with Crippen LogP contribution in [0.1, 0.15) is 24.5 Å². The van der Waals surface area contributed by atoms with E-state index in [1.807, 2.05) is 12.1 Å². The van der Waals surface area contributed by atoms with Crippen LogP contribution in [0.15, 0.2) is 46.5 Å². The number of hydrogen-bond donors (Lipinski definition) is 0. The first-order valence-electron chi connectivity index (χ1n) is 6.86. The second kappa shape index (κ2) is 6.49. The maximum atomic E-state index is 4.37. The predicted octanol–water partition coefficient (Wildman–Crippen LogP) is 4.32. The Morgan fingerprint density at radius 2 is 2.24 bits per heavy atom. The monoisotopic (exact) mass is 297 g/mol. The van der Waals surface area contributed by atoms with Crippen LogP contribution in [0.25, 0.3) is 10.2 Å². The number of thiophene rings is 1. The molecule has 0 aliphatic carbocycles. The predicted molar refractivity (Wildman–Crippen MR) is 83.9 cm³/mol. The molecule has 6 heteroatoms. The highest BCUT2D eigenvalue weighted by atomic mass is 32.1. The zero-order chi connectivity index (χ0) is 14.5. The van der Waals surface area contributed by atoms with Crippen LogP contribution in [-0.2, 0) is 13.0 Å². The molecule has 0 aliphatic rings. The normalized spacial score (nSPS) is 11.5. The molecule has 0 saturated heterocycles. The molecule has 5 nitrogen and oxygen atoms in total. The van der Waals surface area contributed by atoms with E-state index >= 15 is 0 Å². The summed E-state index contributed by atoms with van der Waals surface area (Å²) in [4.78, 5) is 12.7. The van der Waals surface area contributed by atoms with E-state index in [0.717, 1.165) is 28.6 Å². The van der Waals surface area contributed by atoms with E-state index in [2.05, 4.69) is 37.5 Å². The molecular formula is C15H15N5S. The third-order valence-electron chi connectivity index (χ3n) is 3.07. The van der Waals surface area contributed by atoms with Gasteiger partial charge in [-0.15, -0.1) is 16.5 Å². The van der Waals surface area contributed by atoms with Crippen LogP contribution in [0, 0.1) is 0 Å². The summed E-state index contributed by atoms with van der Waals surface area (Å²) in [6.07, 6.45) is 7.23. The summed E-state index contributed by atoms with van der Waals surface area (Å²) in [7, 11) is 0. The molecule has 0 aliphatic heterocycles. The van der Waals surface area contributed by atoms with Gasteiger partial charge in [0, 0.05) is 12.4 Å². The summed E-state index contributed by atoms with van der Waals surface area (Å²) in [5.41, 5.74) is 3.31. The van der Waals surface area contributed by atoms with Crippen molar-refractivity contribution < 1.29 is 0 Å². The zero-order valence-electron chi connectivity index (χ0n) is 11.7. The lowest BCUT2D eigenvalue weighted by atomic mass is 10.2. The van der Waals surface area contributed by atoms with Crippen LogP contribution in [0.5, 0.6) is 0 Å². The van der Waals surface area contributed by atoms with E-state index in [1.165, 1.54) is 5.56 Å². The summed E-state index contributed by atoms with van der Waals surface area (Å²) < 4.78 is 1.01. The molecule has 0 spiro atoms. The Bertz CT molecular complexity index is 751. The van der Waals surface area contributed by atoms with Gasteiger partial charge in [-0.25, -0.2) is 9.97 Å². The summed E-state index contributed by atoms with van der Waals surface area (Å²) in [5.74, 6) is 0.649. The molecule has 0 amide bonds. The Kier molecular flexibility index (Phi) is 4.25. The number of fused-ring (bicyclic) bond motifs is 1. The van der Waals surface area contributed by atoms with Crippen LogP contribution in [-0.4, -0.2) is 15.0 Å². The first kappa shape index (κ1) is 13.8. The summed E-state index contributed by atoms with van der Waals surface area (Å²) in [5, 5.41) is 10.6. The second-order valence-corrected chi connectivity index (χ2v) is 5.53. The van der Waals surface area contributed by atoms with Gasteiger partial charge in [-0.05, 0) is 29.0 Å². The quantitative estimate of drug-likeness (QED) is 0.659. The molecule has 0 saturated carbocycles. The van der Waals surface area contributed by atoms with E-state index in [-0.39, 0.29) is 0 Å². The van der Waals surface area contributed by atoms with E-state index < -0.39 is 0 Å². The van der Waals surface area contributed by atoms with Crippen LogP contribution < -0.4 is 0 Å². The molecule has 106 valence electrons. The van der Waals surface area contributed by atoms with E-state index in [1.54, 1.807) is 30.1 Å². The molecule has 0 radical (unpaired) electrons. The van der Waals surface area contributed by atoms with Crippen LogP contribution in [0.2, 0.25) is 0 Å². The van der Waals surface area contributed by atoms with Crippen molar-refractivity contribution in [2.24, 2.45) is 10.2 Å². The van der Waals surface area contributed by atoms with Gasteiger partial charge in [0.25, 0.3) is 0 Å². The molecule has 0 fully saturated rings. The fourth-order valence-corrected chi connectivity index (χ4v) is 3.07. The van der Waals surface area contributed by atoms with Gasteiger partial charge in [-0.3, -0.25) is 4.98 Å². The maximum Gasteiger partial charge on any atom is 0.195 e. The number of rotatable bonds is 5. The van der Waals surface area contributed by atoms with Gasteiger partial charge in [-0.1, -0.05) is 19.4 Å². The highest BCUT2D eigenvalue weighted by molar-refractivity contribution is 7.17. The standard InChI is InChI=1S/C15H15N5S/c1-2-4-12-9-21-14-13(12)17-10-18-15(14)20-19-8-11-5-3-6-16-7-11/h3,5-7,9-10H,2,4,8H2,1H3. The molecule has 21 heavy (non-hydrogen) atoms. The van der Waals surface area contributed by atoms with Crippen molar-refractivity contribution in [2.75, 3.05) is 0 Å². The molecule has 0 unspecified atom stereocenters. The first-order valence-corrected chi connectivity index (χ1v) is 7.74. The molecular weight excluding hydrogens is 282 g/mol. The Morgan fingerprint density at radius 3 is 3.05 bits per heavy atom. The molecule has 0 atom stereocenters. The van der Waals surface area contributed by atoms with Crippen molar-refractivity contribution in [3.63, 3.8) is 0 Å². The van der Waals surface area contributed by atoms with Gasteiger partial charge in [0.1, 0.15) is 6.33 Å². The molecule has 0 aromatic carbocycles. The Balaban J connectivity index is 1.84. The minimum atomic E-state index is 0.506. The van der Waals surface area contributed by atoms with E-state index in [0.29, 0.717) is 12.4 Å². The van der Waals surface area contributed by atoms with E-state index in [9.17, 15) is 0 Å². The second-order valence-electron chi connectivity index (χ2n) is 4.65. The topological polar surface area (TPSA) is 63.4 Å². The Labute approximate surface area is 126 Å². The fourth-order valence-electron chi connectivity index (χ4n) is 2.08. The highest BCUT2D eigenvalue weighted by Crippen LogP contribution is 2.31. The van der Waals surface area contributed by atoms with Crippen LogP contribution in [0.3, 0.4) is 0 Å². The third kappa shape index (κ3) is 3.11. The number of azo groups is 1. The van der Waals surface area contributed by atoms with Gasteiger partial charge in [0.05, 0.1) is 16.8 Å². The number of aromatic nitrogens is 3. The minimum Gasteiger partial charge on any atom is -0.264 e. The van der Waals surface area contributed by atoms with Crippen molar-refractivity contribution in [2.45, 2.75) is 26.3 Å². The van der Waals surface area contributed by atoms with Crippen molar-refractivity contribution in [1.82, 2.24) is 15.0 Å². The summed E-state index contributed by atoms with van der Waals surface area (Å²) >= 11 is 1.64. The van der Waals surface area contributed by atoms with Gasteiger partial charge in [0.15, 0.2) is 5.82 Å². The molecule has 3 aromatic rings. The van der Waals surface area contributed by atoms with Crippen molar-refractivity contribution in [3.8, 4) is 0 Å². The number of aryl methyl sites for hydroxylation is 1.